The molecular weight excluding hydrogens is 298 g/mol. The summed E-state index contributed by atoms with van der Waals surface area (Å²) in [5.74, 6) is 0.421. The van der Waals surface area contributed by atoms with E-state index in [-0.39, 0.29) is 18.4 Å². The van der Waals surface area contributed by atoms with Gasteiger partial charge in [0.05, 0.1) is 12.7 Å². The summed E-state index contributed by atoms with van der Waals surface area (Å²) < 4.78 is 1.64. The molecule has 2 aromatic rings. The molecule has 3 unspecified atom stereocenters. The van der Waals surface area contributed by atoms with Gasteiger partial charge in [-0.15, -0.1) is 11.3 Å². The van der Waals surface area contributed by atoms with Crippen LogP contribution in [0.4, 0.5) is 0 Å². The normalized spacial score (nSPS) is 23.1. The fourth-order valence-electron chi connectivity index (χ4n) is 2.64. The number of hydrogen-bond donors (Lipinski definition) is 2. The van der Waals surface area contributed by atoms with Crippen LogP contribution in [-0.2, 0) is 17.4 Å². The van der Waals surface area contributed by atoms with Gasteiger partial charge in [-0.25, -0.2) is 0 Å². The third-order valence-electron chi connectivity index (χ3n) is 4.19. The molecule has 0 aliphatic heterocycles. The summed E-state index contributed by atoms with van der Waals surface area (Å²) in [6.45, 7) is 3.97. The molecule has 0 spiro atoms. The number of aryl methyl sites for hydroxylation is 2. The maximum absolute atomic E-state index is 12.2. The van der Waals surface area contributed by atoms with E-state index in [0.29, 0.717) is 11.5 Å². The van der Waals surface area contributed by atoms with Crippen LogP contribution in [0.25, 0.3) is 0 Å². The van der Waals surface area contributed by atoms with Gasteiger partial charge in [0, 0.05) is 40.4 Å². The lowest BCUT2D eigenvalue weighted by molar-refractivity contribution is -0.123. The van der Waals surface area contributed by atoms with Crippen LogP contribution in [-0.4, -0.2) is 27.3 Å². The molecule has 3 atom stereocenters. The lowest BCUT2D eigenvalue weighted by atomic mass is 9.99. The number of hydrogen-bond acceptors (Lipinski definition) is 4. The van der Waals surface area contributed by atoms with Crippen LogP contribution in [0.3, 0.4) is 0 Å². The molecule has 22 heavy (non-hydrogen) atoms. The van der Waals surface area contributed by atoms with Crippen molar-refractivity contribution in [2.75, 3.05) is 6.54 Å². The van der Waals surface area contributed by atoms with E-state index in [0.717, 1.165) is 6.42 Å². The molecular formula is C16H21N3O2S. The summed E-state index contributed by atoms with van der Waals surface area (Å²) >= 11 is 1.76. The molecule has 0 radical (unpaired) electrons. The number of thiophene rings is 1. The zero-order valence-electron chi connectivity index (χ0n) is 13.0. The zero-order chi connectivity index (χ0) is 15.9. The molecule has 2 heterocycles. The summed E-state index contributed by atoms with van der Waals surface area (Å²) in [5, 5.41) is 17.4. The molecule has 0 aromatic carbocycles. The number of nitrogens with zero attached hydrogens (tertiary/aromatic N) is 2. The molecule has 3 rings (SSSR count). The molecule has 6 heteroatoms. The van der Waals surface area contributed by atoms with Crippen molar-refractivity contribution >= 4 is 17.2 Å². The van der Waals surface area contributed by atoms with Gasteiger partial charge in [0.2, 0.25) is 5.91 Å². The first kappa shape index (κ1) is 15.2. The van der Waals surface area contributed by atoms with Crippen LogP contribution in [0.5, 0.6) is 0 Å². The van der Waals surface area contributed by atoms with E-state index >= 15 is 0 Å². The van der Waals surface area contributed by atoms with Gasteiger partial charge < -0.3 is 10.4 Å². The maximum Gasteiger partial charge on any atom is 0.223 e. The third kappa shape index (κ3) is 3.08. The minimum Gasteiger partial charge on any atom is -0.383 e. The molecule has 2 aromatic heterocycles. The molecule has 0 bridgehead atoms. The molecule has 1 aliphatic rings. The van der Waals surface area contributed by atoms with Crippen LogP contribution in [0.15, 0.2) is 24.5 Å². The van der Waals surface area contributed by atoms with E-state index in [4.69, 9.17) is 0 Å². The average Bonchev–Trinajstić information content (AvgIpc) is 2.94. The third-order valence-corrected chi connectivity index (χ3v) is 5.32. The van der Waals surface area contributed by atoms with Gasteiger partial charge in [-0.3, -0.25) is 9.48 Å². The zero-order valence-corrected chi connectivity index (χ0v) is 13.9. The van der Waals surface area contributed by atoms with Gasteiger partial charge in [0.25, 0.3) is 0 Å². The van der Waals surface area contributed by atoms with E-state index < -0.39 is 5.60 Å². The summed E-state index contributed by atoms with van der Waals surface area (Å²) in [7, 11) is 1.80. The summed E-state index contributed by atoms with van der Waals surface area (Å²) in [6, 6.07) is 4.21. The Labute approximate surface area is 134 Å². The minimum absolute atomic E-state index is 0.0280. The van der Waals surface area contributed by atoms with Crippen molar-refractivity contribution < 1.29 is 9.90 Å². The Kier molecular flexibility index (Phi) is 3.82. The molecule has 0 saturated heterocycles. The van der Waals surface area contributed by atoms with Crippen molar-refractivity contribution in [2.45, 2.75) is 31.8 Å². The number of aromatic nitrogens is 2. The Bertz CT molecular complexity index is 689. The number of aliphatic hydroxyl groups is 1. The molecule has 1 fully saturated rings. The smallest absolute Gasteiger partial charge is 0.223 e. The fourth-order valence-corrected chi connectivity index (χ4v) is 3.70. The first-order valence-electron chi connectivity index (χ1n) is 7.42. The van der Waals surface area contributed by atoms with Gasteiger partial charge >= 0.3 is 0 Å². The van der Waals surface area contributed by atoms with Crippen molar-refractivity contribution in [1.29, 1.82) is 0 Å². The first-order valence-corrected chi connectivity index (χ1v) is 8.24. The fraction of sp³-hybridized carbons (Fsp3) is 0.500. The molecule has 5 nitrogen and oxygen atoms in total. The van der Waals surface area contributed by atoms with Crippen LogP contribution < -0.4 is 5.32 Å². The van der Waals surface area contributed by atoms with Crippen LogP contribution in [0.2, 0.25) is 0 Å². The van der Waals surface area contributed by atoms with E-state index in [1.807, 2.05) is 0 Å². The highest BCUT2D eigenvalue weighted by atomic mass is 32.1. The van der Waals surface area contributed by atoms with Crippen molar-refractivity contribution in [3.8, 4) is 0 Å². The highest BCUT2D eigenvalue weighted by Gasteiger charge is 2.45. The van der Waals surface area contributed by atoms with Crippen molar-refractivity contribution in [2.24, 2.45) is 13.0 Å². The van der Waals surface area contributed by atoms with Crippen LogP contribution in [0, 0.1) is 12.8 Å². The summed E-state index contributed by atoms with van der Waals surface area (Å²) in [4.78, 5) is 14.8. The molecule has 1 amide bonds. The second-order valence-corrected chi connectivity index (χ2v) is 7.61. The Morgan fingerprint density at radius 3 is 2.95 bits per heavy atom. The van der Waals surface area contributed by atoms with Gasteiger partial charge in [-0.05, 0) is 32.4 Å². The molecule has 118 valence electrons. The second kappa shape index (κ2) is 5.52. The lowest BCUT2D eigenvalue weighted by Gasteiger charge is -2.22. The number of amides is 1. The average molecular weight is 319 g/mol. The van der Waals surface area contributed by atoms with Crippen LogP contribution >= 0.6 is 11.3 Å². The summed E-state index contributed by atoms with van der Waals surface area (Å²) in [6.07, 6.45) is 4.29. The Morgan fingerprint density at radius 2 is 2.36 bits per heavy atom. The quantitative estimate of drug-likeness (QED) is 0.885. The Hall–Kier alpha value is -1.66. The van der Waals surface area contributed by atoms with E-state index in [2.05, 4.69) is 29.5 Å². The minimum atomic E-state index is -1.10. The van der Waals surface area contributed by atoms with Gasteiger partial charge in [0.15, 0.2) is 0 Å². The highest BCUT2D eigenvalue weighted by Crippen LogP contribution is 2.49. The SMILES string of the molecule is Cc1ccc(C2CC2C(=O)NCC(C)(O)c2cnn(C)c2)s1. The maximum atomic E-state index is 12.2. The number of carbonyl (C=O) groups excluding carboxylic acids is 1. The van der Waals surface area contributed by atoms with Crippen molar-refractivity contribution in [3.05, 3.63) is 39.8 Å². The monoisotopic (exact) mass is 319 g/mol. The van der Waals surface area contributed by atoms with Gasteiger partial charge in [-0.2, -0.15) is 5.10 Å². The Morgan fingerprint density at radius 1 is 1.59 bits per heavy atom. The van der Waals surface area contributed by atoms with E-state index in [1.54, 1.807) is 42.4 Å². The lowest BCUT2D eigenvalue weighted by Crippen LogP contribution is -2.39. The van der Waals surface area contributed by atoms with E-state index in [1.165, 1.54) is 9.75 Å². The number of rotatable bonds is 5. The Balaban J connectivity index is 1.55. The van der Waals surface area contributed by atoms with Crippen molar-refractivity contribution in [1.82, 2.24) is 15.1 Å². The first-order chi connectivity index (χ1) is 10.4. The van der Waals surface area contributed by atoms with E-state index in [9.17, 15) is 9.90 Å². The molecule has 1 aliphatic carbocycles. The predicted octanol–water partition coefficient (Wildman–Crippen LogP) is 1.92. The highest BCUT2D eigenvalue weighted by molar-refractivity contribution is 7.12. The van der Waals surface area contributed by atoms with Crippen molar-refractivity contribution in [3.63, 3.8) is 0 Å². The molecule has 2 N–H and O–H groups in total. The van der Waals surface area contributed by atoms with Crippen LogP contribution in [0.1, 0.15) is 34.6 Å². The molecule has 1 saturated carbocycles. The number of nitrogens with one attached hydrogen (secondary N) is 1. The van der Waals surface area contributed by atoms with Gasteiger partial charge in [-0.1, -0.05) is 0 Å². The predicted molar refractivity (Wildman–Crippen MR) is 85.7 cm³/mol. The van der Waals surface area contributed by atoms with Gasteiger partial charge in [0.1, 0.15) is 5.60 Å². The second-order valence-electron chi connectivity index (χ2n) is 6.29. The largest absolute Gasteiger partial charge is 0.383 e. The topological polar surface area (TPSA) is 67.2 Å². The number of carbonyl (C=O) groups is 1. The standard InChI is InChI=1S/C16H21N3O2S/c1-10-4-5-14(22-10)12-6-13(12)15(20)17-9-16(2,21)11-7-18-19(3)8-11/h4-5,7-8,12-13,21H,6,9H2,1-3H3,(H,17,20). The summed E-state index contributed by atoms with van der Waals surface area (Å²) in [5.41, 5.74) is -0.398.